The average molecular weight is 399 g/mol. The van der Waals surface area contributed by atoms with Gasteiger partial charge in [-0.1, -0.05) is 31.2 Å². The minimum Gasteiger partial charge on any atom is -0.461 e. The van der Waals surface area contributed by atoms with E-state index in [0.29, 0.717) is 25.4 Å². The average Bonchev–Trinajstić information content (AvgIpc) is 3.20. The van der Waals surface area contributed by atoms with E-state index in [-0.39, 0.29) is 18.6 Å². The first-order valence-corrected chi connectivity index (χ1v) is 10.2. The number of methoxy groups -OCH3 is 1. The second kappa shape index (κ2) is 9.69. The predicted molar refractivity (Wildman–Crippen MR) is 110 cm³/mol. The van der Waals surface area contributed by atoms with Crippen LogP contribution in [0.5, 0.6) is 0 Å². The summed E-state index contributed by atoms with van der Waals surface area (Å²) in [6, 6.07) is 10.3. The minimum absolute atomic E-state index is 0.00834. The van der Waals surface area contributed by atoms with E-state index in [2.05, 4.69) is 36.3 Å². The van der Waals surface area contributed by atoms with Gasteiger partial charge in [-0.15, -0.1) is 0 Å². The molecule has 0 aliphatic carbocycles. The highest BCUT2D eigenvalue weighted by Crippen LogP contribution is 2.30. The Morgan fingerprint density at radius 2 is 1.83 bits per heavy atom. The van der Waals surface area contributed by atoms with Gasteiger partial charge in [0.15, 0.2) is 5.69 Å². The Kier molecular flexibility index (Phi) is 7.04. The van der Waals surface area contributed by atoms with Gasteiger partial charge in [-0.3, -0.25) is 9.48 Å². The Bertz CT molecular complexity index is 836. The molecule has 1 saturated heterocycles. The molecule has 29 heavy (non-hydrogen) atoms. The molecule has 0 unspecified atom stereocenters. The van der Waals surface area contributed by atoms with Crippen LogP contribution in [0.1, 0.15) is 48.8 Å². The molecular formula is C22H29N3O4. The van der Waals surface area contributed by atoms with Crippen molar-refractivity contribution < 1.29 is 19.1 Å². The molecule has 0 N–H and O–H groups in total. The maximum atomic E-state index is 12.3. The molecule has 0 bridgehead atoms. The molecule has 1 amide bonds. The van der Waals surface area contributed by atoms with Crippen molar-refractivity contribution in [3.05, 3.63) is 41.6 Å². The standard InChI is InChI=1S/C22H29N3O4/c1-4-16-6-8-17(9-7-16)20-14-19(22(27)29-5-2)23-25(20)18-10-12-24(13-11-18)21(26)15-28-3/h6-9,14,18H,4-5,10-13,15H2,1-3H3. The van der Waals surface area contributed by atoms with Gasteiger partial charge < -0.3 is 14.4 Å². The molecule has 1 aromatic carbocycles. The Morgan fingerprint density at radius 3 is 2.41 bits per heavy atom. The molecule has 3 rings (SSSR count). The summed E-state index contributed by atoms with van der Waals surface area (Å²) >= 11 is 0. The lowest BCUT2D eigenvalue weighted by Gasteiger charge is -2.32. The smallest absolute Gasteiger partial charge is 0.358 e. The SMILES string of the molecule is CCOC(=O)c1cc(-c2ccc(CC)cc2)n(C2CCN(C(=O)COC)CC2)n1. The first kappa shape index (κ1) is 21.0. The fourth-order valence-electron chi connectivity index (χ4n) is 3.68. The van der Waals surface area contributed by atoms with Crippen molar-refractivity contribution in [3.8, 4) is 11.3 Å². The minimum atomic E-state index is -0.412. The third kappa shape index (κ3) is 4.85. The normalized spacial score (nSPS) is 14.8. The van der Waals surface area contributed by atoms with Gasteiger partial charge in [-0.25, -0.2) is 4.79 Å². The van der Waals surface area contributed by atoms with Crippen LogP contribution in [-0.4, -0.2) is 60.0 Å². The fourth-order valence-corrected chi connectivity index (χ4v) is 3.68. The number of benzene rings is 1. The van der Waals surface area contributed by atoms with Gasteiger partial charge in [-0.2, -0.15) is 5.10 Å². The molecule has 2 aromatic rings. The number of ether oxygens (including phenoxy) is 2. The summed E-state index contributed by atoms with van der Waals surface area (Å²) in [5.74, 6) is -0.403. The molecule has 0 atom stereocenters. The Labute approximate surface area is 171 Å². The van der Waals surface area contributed by atoms with E-state index >= 15 is 0 Å². The molecule has 0 spiro atoms. The summed E-state index contributed by atoms with van der Waals surface area (Å²) < 4.78 is 12.0. The molecule has 1 fully saturated rings. The lowest BCUT2D eigenvalue weighted by Crippen LogP contribution is -2.41. The molecule has 1 aliphatic heterocycles. The van der Waals surface area contributed by atoms with Crippen molar-refractivity contribution in [3.63, 3.8) is 0 Å². The molecule has 7 nitrogen and oxygen atoms in total. The van der Waals surface area contributed by atoms with Crippen LogP contribution < -0.4 is 0 Å². The Morgan fingerprint density at radius 1 is 1.14 bits per heavy atom. The zero-order valence-corrected chi connectivity index (χ0v) is 17.4. The highest BCUT2D eigenvalue weighted by atomic mass is 16.5. The number of carbonyl (C=O) groups is 2. The molecule has 156 valence electrons. The number of hydrogen-bond acceptors (Lipinski definition) is 5. The van der Waals surface area contributed by atoms with Gasteiger partial charge in [0.25, 0.3) is 0 Å². The van der Waals surface area contributed by atoms with Crippen LogP contribution in [0.2, 0.25) is 0 Å². The van der Waals surface area contributed by atoms with Crippen LogP contribution in [0, 0.1) is 0 Å². The topological polar surface area (TPSA) is 73.7 Å². The number of aromatic nitrogens is 2. The van der Waals surface area contributed by atoms with E-state index in [1.54, 1.807) is 13.0 Å². The van der Waals surface area contributed by atoms with Gasteiger partial charge in [0.1, 0.15) is 6.61 Å². The molecule has 0 saturated carbocycles. The summed E-state index contributed by atoms with van der Waals surface area (Å²) in [4.78, 5) is 26.2. The molecule has 1 aliphatic rings. The third-order valence-corrected chi connectivity index (χ3v) is 5.31. The van der Waals surface area contributed by atoms with Crippen LogP contribution in [0.4, 0.5) is 0 Å². The number of amides is 1. The lowest BCUT2D eigenvalue weighted by atomic mass is 10.0. The number of esters is 1. The Balaban J connectivity index is 1.86. The first-order chi connectivity index (χ1) is 14.1. The van der Waals surface area contributed by atoms with E-state index < -0.39 is 5.97 Å². The summed E-state index contributed by atoms with van der Waals surface area (Å²) in [5.41, 5.74) is 3.50. The van der Waals surface area contributed by atoms with E-state index in [1.165, 1.54) is 12.7 Å². The summed E-state index contributed by atoms with van der Waals surface area (Å²) in [7, 11) is 1.53. The molecular weight excluding hydrogens is 370 g/mol. The summed E-state index contributed by atoms with van der Waals surface area (Å²) in [6.07, 6.45) is 2.53. The molecule has 1 aromatic heterocycles. The number of piperidine rings is 1. The van der Waals surface area contributed by atoms with E-state index in [0.717, 1.165) is 30.5 Å². The van der Waals surface area contributed by atoms with Crippen molar-refractivity contribution in [1.29, 1.82) is 0 Å². The number of hydrogen-bond donors (Lipinski definition) is 0. The maximum Gasteiger partial charge on any atom is 0.358 e. The number of carbonyl (C=O) groups excluding carboxylic acids is 2. The van der Waals surface area contributed by atoms with Crippen LogP contribution >= 0.6 is 0 Å². The second-order valence-electron chi connectivity index (χ2n) is 7.18. The first-order valence-electron chi connectivity index (χ1n) is 10.2. The summed E-state index contributed by atoms with van der Waals surface area (Å²) in [5, 5.41) is 4.59. The van der Waals surface area contributed by atoms with Crippen molar-refractivity contribution in [1.82, 2.24) is 14.7 Å². The molecule has 0 radical (unpaired) electrons. The van der Waals surface area contributed by atoms with Crippen molar-refractivity contribution in [2.45, 2.75) is 39.2 Å². The van der Waals surface area contributed by atoms with Crippen LogP contribution in [0.25, 0.3) is 11.3 Å². The number of likely N-dealkylation sites (tertiary alicyclic amines) is 1. The molecule has 2 heterocycles. The van der Waals surface area contributed by atoms with Gasteiger partial charge in [0.2, 0.25) is 5.91 Å². The second-order valence-corrected chi connectivity index (χ2v) is 7.18. The highest BCUT2D eigenvalue weighted by molar-refractivity contribution is 5.88. The third-order valence-electron chi connectivity index (χ3n) is 5.31. The Hall–Kier alpha value is -2.67. The molecule has 7 heteroatoms. The quantitative estimate of drug-likeness (QED) is 0.669. The summed E-state index contributed by atoms with van der Waals surface area (Å²) in [6.45, 7) is 5.62. The number of aryl methyl sites for hydroxylation is 1. The zero-order chi connectivity index (χ0) is 20.8. The van der Waals surface area contributed by atoms with Crippen LogP contribution in [-0.2, 0) is 20.7 Å². The number of nitrogens with zero attached hydrogens (tertiary/aromatic N) is 3. The van der Waals surface area contributed by atoms with Crippen LogP contribution in [0.15, 0.2) is 30.3 Å². The highest BCUT2D eigenvalue weighted by Gasteiger charge is 2.27. The van der Waals surface area contributed by atoms with E-state index in [4.69, 9.17) is 9.47 Å². The number of rotatable bonds is 7. The van der Waals surface area contributed by atoms with Crippen LogP contribution in [0.3, 0.4) is 0 Å². The monoisotopic (exact) mass is 399 g/mol. The predicted octanol–water partition coefficient (Wildman–Crippen LogP) is 3.10. The van der Waals surface area contributed by atoms with Gasteiger partial charge >= 0.3 is 5.97 Å². The fraction of sp³-hybridized carbons (Fsp3) is 0.500. The van der Waals surface area contributed by atoms with Crippen molar-refractivity contribution in [2.24, 2.45) is 0 Å². The van der Waals surface area contributed by atoms with Crippen molar-refractivity contribution in [2.75, 3.05) is 33.4 Å². The van der Waals surface area contributed by atoms with Gasteiger partial charge in [0, 0.05) is 20.2 Å². The van der Waals surface area contributed by atoms with Crippen molar-refractivity contribution >= 4 is 11.9 Å². The maximum absolute atomic E-state index is 12.3. The zero-order valence-electron chi connectivity index (χ0n) is 17.4. The van der Waals surface area contributed by atoms with E-state index in [9.17, 15) is 9.59 Å². The van der Waals surface area contributed by atoms with Gasteiger partial charge in [0.05, 0.1) is 18.3 Å². The lowest BCUT2D eigenvalue weighted by molar-refractivity contribution is -0.136. The van der Waals surface area contributed by atoms with E-state index in [1.807, 2.05) is 9.58 Å². The largest absolute Gasteiger partial charge is 0.461 e. The van der Waals surface area contributed by atoms with Gasteiger partial charge in [-0.05, 0) is 43.4 Å².